The van der Waals surface area contributed by atoms with E-state index < -0.39 is 33.2 Å². The second-order valence-corrected chi connectivity index (χ2v) is 8.46. The van der Waals surface area contributed by atoms with E-state index >= 15 is 0 Å². The number of carbonyl (C=O) groups excluding carboxylic acids is 1. The Hall–Kier alpha value is -2.84. The lowest BCUT2D eigenvalue weighted by atomic mass is 10.2. The molecule has 3 aromatic rings. The van der Waals surface area contributed by atoms with Gasteiger partial charge in [-0.1, -0.05) is 41.9 Å². The number of nitrogens with one attached hydrogen (secondary N) is 1. The largest absolute Gasteiger partial charge is 0.322 e. The normalized spacial score (nSPS) is 11.3. The summed E-state index contributed by atoms with van der Waals surface area (Å²) in [5, 5.41) is 2.12. The molecule has 29 heavy (non-hydrogen) atoms. The molecule has 1 amide bonds. The highest BCUT2D eigenvalue weighted by atomic mass is 35.5. The fraction of sp³-hybridized carbons (Fsp3) is 0.0500. The van der Waals surface area contributed by atoms with E-state index in [0.29, 0.717) is 17.7 Å². The average Bonchev–Trinajstić information content (AvgIpc) is 2.66. The molecule has 3 aromatic carbocycles. The Morgan fingerprint density at radius 3 is 2.17 bits per heavy atom. The summed E-state index contributed by atoms with van der Waals surface area (Å²) in [6.07, 6.45) is 0. The molecule has 0 unspecified atom stereocenters. The number of carbonyl (C=O) groups is 1. The molecule has 0 atom stereocenters. The van der Waals surface area contributed by atoms with Crippen molar-refractivity contribution >= 4 is 33.0 Å². The molecule has 0 bridgehead atoms. The molecule has 0 aliphatic carbocycles. The molecule has 0 heterocycles. The van der Waals surface area contributed by atoms with Crippen molar-refractivity contribution in [1.82, 2.24) is 0 Å². The number of rotatable bonds is 5. The minimum Gasteiger partial charge on any atom is -0.322 e. The van der Waals surface area contributed by atoms with Crippen LogP contribution in [0.4, 0.5) is 18.9 Å². The van der Waals surface area contributed by atoms with Gasteiger partial charge in [0.25, 0.3) is 5.91 Å². The van der Waals surface area contributed by atoms with Gasteiger partial charge in [0, 0.05) is 23.4 Å². The zero-order valence-electron chi connectivity index (χ0n) is 14.6. The lowest BCUT2D eigenvalue weighted by molar-refractivity contribution is 0.102. The Morgan fingerprint density at radius 2 is 1.55 bits per heavy atom. The number of sulfone groups is 1. The topological polar surface area (TPSA) is 63.2 Å². The smallest absolute Gasteiger partial charge is 0.255 e. The number of amides is 1. The minimum atomic E-state index is -3.87. The second kappa shape index (κ2) is 8.26. The molecular weight excluding hydrogens is 427 g/mol. The van der Waals surface area contributed by atoms with E-state index in [2.05, 4.69) is 5.32 Å². The standard InChI is InChI=1S/C20H13ClF3NO3S/c21-15-7-6-13(20(26)25-14-9-16(22)19(24)17(23)10-14)8-18(15)29(27,28)11-12-4-2-1-3-5-12/h1-10H,11H2,(H,25,26). The summed E-state index contributed by atoms with van der Waals surface area (Å²) in [7, 11) is -3.87. The summed E-state index contributed by atoms with van der Waals surface area (Å²) in [5.41, 5.74) is 0.108. The maximum absolute atomic E-state index is 13.3. The summed E-state index contributed by atoms with van der Waals surface area (Å²) in [5.74, 6) is -5.77. The molecule has 0 spiro atoms. The Bertz CT molecular complexity index is 1160. The van der Waals surface area contributed by atoms with Crippen molar-refractivity contribution in [2.45, 2.75) is 10.6 Å². The van der Waals surface area contributed by atoms with Gasteiger partial charge in [-0.2, -0.15) is 0 Å². The van der Waals surface area contributed by atoms with Gasteiger partial charge in [-0.05, 0) is 23.8 Å². The molecule has 0 aromatic heterocycles. The zero-order valence-corrected chi connectivity index (χ0v) is 16.2. The van der Waals surface area contributed by atoms with Gasteiger partial charge in [0.05, 0.1) is 15.7 Å². The van der Waals surface area contributed by atoms with Crippen molar-refractivity contribution in [1.29, 1.82) is 0 Å². The van der Waals surface area contributed by atoms with Crippen molar-refractivity contribution < 1.29 is 26.4 Å². The van der Waals surface area contributed by atoms with Crippen molar-refractivity contribution in [2.24, 2.45) is 0 Å². The van der Waals surface area contributed by atoms with Crippen LogP contribution in [0.3, 0.4) is 0 Å². The van der Waals surface area contributed by atoms with Gasteiger partial charge in [-0.25, -0.2) is 21.6 Å². The van der Waals surface area contributed by atoms with E-state index in [4.69, 9.17) is 11.6 Å². The van der Waals surface area contributed by atoms with Crippen molar-refractivity contribution in [3.8, 4) is 0 Å². The van der Waals surface area contributed by atoms with Gasteiger partial charge in [-0.15, -0.1) is 0 Å². The predicted octanol–water partition coefficient (Wildman–Crippen LogP) is 4.98. The molecule has 0 saturated heterocycles. The number of anilines is 1. The molecule has 150 valence electrons. The Kier molecular flexibility index (Phi) is 5.95. The van der Waals surface area contributed by atoms with Gasteiger partial charge in [0.15, 0.2) is 27.3 Å². The second-order valence-electron chi connectivity index (χ2n) is 6.10. The van der Waals surface area contributed by atoms with Gasteiger partial charge in [0.2, 0.25) is 0 Å². The molecule has 0 radical (unpaired) electrons. The molecule has 9 heteroatoms. The summed E-state index contributed by atoms with van der Waals surface area (Å²) >= 11 is 6.02. The monoisotopic (exact) mass is 439 g/mol. The molecule has 3 rings (SSSR count). The van der Waals surface area contributed by atoms with Gasteiger partial charge in [0.1, 0.15) is 0 Å². The maximum atomic E-state index is 13.3. The van der Waals surface area contributed by atoms with Crippen LogP contribution in [0.25, 0.3) is 0 Å². The van der Waals surface area contributed by atoms with E-state index in [1.165, 1.54) is 12.1 Å². The van der Waals surface area contributed by atoms with Gasteiger partial charge >= 0.3 is 0 Å². The lowest BCUT2D eigenvalue weighted by Crippen LogP contribution is -2.14. The van der Waals surface area contributed by atoms with Crippen LogP contribution in [0.5, 0.6) is 0 Å². The highest BCUT2D eigenvalue weighted by molar-refractivity contribution is 7.90. The SMILES string of the molecule is O=C(Nc1cc(F)c(F)c(F)c1)c1ccc(Cl)c(S(=O)(=O)Cc2ccccc2)c1. The van der Waals surface area contributed by atoms with Crippen molar-refractivity contribution in [3.63, 3.8) is 0 Å². The van der Waals surface area contributed by atoms with Crippen molar-refractivity contribution in [3.05, 3.63) is 94.3 Å². The Balaban J connectivity index is 1.89. The number of hydrogen-bond donors (Lipinski definition) is 1. The maximum Gasteiger partial charge on any atom is 0.255 e. The first kappa shape index (κ1) is 20.9. The third kappa shape index (κ3) is 4.78. The van der Waals surface area contributed by atoms with Gasteiger partial charge < -0.3 is 5.32 Å². The quantitative estimate of drug-likeness (QED) is 0.570. The van der Waals surface area contributed by atoms with Crippen LogP contribution in [-0.2, 0) is 15.6 Å². The summed E-state index contributed by atoms with van der Waals surface area (Å²) in [6, 6.07) is 13.2. The summed E-state index contributed by atoms with van der Waals surface area (Å²) in [6.45, 7) is 0. The first-order valence-corrected chi connectivity index (χ1v) is 10.2. The van der Waals surface area contributed by atoms with Crippen LogP contribution < -0.4 is 5.32 Å². The Labute approximate surface area is 169 Å². The van der Waals surface area contributed by atoms with Gasteiger partial charge in [-0.3, -0.25) is 4.79 Å². The van der Waals surface area contributed by atoms with E-state index in [1.54, 1.807) is 30.3 Å². The minimum absolute atomic E-state index is 0.0728. The van der Waals surface area contributed by atoms with E-state index in [0.717, 1.165) is 6.07 Å². The average molecular weight is 440 g/mol. The number of hydrogen-bond acceptors (Lipinski definition) is 3. The molecular formula is C20H13ClF3NO3S. The Morgan fingerprint density at radius 1 is 0.931 bits per heavy atom. The lowest BCUT2D eigenvalue weighted by Gasteiger charge is -2.10. The van der Waals surface area contributed by atoms with Crippen molar-refractivity contribution in [2.75, 3.05) is 5.32 Å². The molecule has 0 aliphatic rings. The molecule has 4 nitrogen and oxygen atoms in total. The highest BCUT2D eigenvalue weighted by Crippen LogP contribution is 2.27. The van der Waals surface area contributed by atoms with E-state index in [9.17, 15) is 26.4 Å². The summed E-state index contributed by atoms with van der Waals surface area (Å²) in [4.78, 5) is 12.1. The third-order valence-corrected chi connectivity index (χ3v) is 6.13. The molecule has 0 aliphatic heterocycles. The first-order chi connectivity index (χ1) is 13.7. The fourth-order valence-corrected chi connectivity index (χ4v) is 4.51. The number of benzene rings is 3. The predicted molar refractivity (Wildman–Crippen MR) is 103 cm³/mol. The highest BCUT2D eigenvalue weighted by Gasteiger charge is 2.21. The van der Waals surface area contributed by atoms with E-state index in [1.807, 2.05) is 0 Å². The van der Waals surface area contributed by atoms with Crippen LogP contribution in [0, 0.1) is 17.5 Å². The van der Waals surface area contributed by atoms with Crippen LogP contribution >= 0.6 is 11.6 Å². The molecule has 1 N–H and O–H groups in total. The summed E-state index contributed by atoms with van der Waals surface area (Å²) < 4.78 is 65.1. The van der Waals surface area contributed by atoms with E-state index in [-0.39, 0.29) is 26.9 Å². The van der Waals surface area contributed by atoms with Crippen LogP contribution in [-0.4, -0.2) is 14.3 Å². The zero-order chi connectivity index (χ0) is 21.2. The van der Waals surface area contributed by atoms with Crippen LogP contribution in [0.15, 0.2) is 65.6 Å². The van der Waals surface area contributed by atoms with Crippen LogP contribution in [0.2, 0.25) is 5.02 Å². The number of halogens is 4. The van der Waals surface area contributed by atoms with Crippen LogP contribution in [0.1, 0.15) is 15.9 Å². The first-order valence-electron chi connectivity index (χ1n) is 8.19. The molecule has 0 saturated carbocycles. The third-order valence-electron chi connectivity index (χ3n) is 3.97. The molecule has 0 fully saturated rings. The fourth-order valence-electron chi connectivity index (χ4n) is 2.59.